The summed E-state index contributed by atoms with van der Waals surface area (Å²) in [5.41, 5.74) is 28.1. The van der Waals surface area contributed by atoms with Crippen LogP contribution in [0, 0.1) is 0 Å². The summed E-state index contributed by atoms with van der Waals surface area (Å²) in [6.45, 7) is 1.66. The highest BCUT2D eigenvalue weighted by atomic mass is 16.4. The Morgan fingerprint density at radius 1 is 0.847 bits per heavy atom. The molecule has 1 aromatic heterocycles. The summed E-state index contributed by atoms with van der Waals surface area (Å²) in [4.78, 5) is 127. The number of nitrogens with one attached hydrogen (secondary N) is 6. The Balaban J connectivity index is 2.14. The molecular formula is C34H56N14O11. The van der Waals surface area contributed by atoms with E-state index in [1.54, 1.807) is 0 Å². The molecule has 2 rings (SSSR count). The molecule has 0 aromatic carbocycles. The fraction of sp³-hybridized carbons (Fsp3) is 0.618. The van der Waals surface area contributed by atoms with Crippen LogP contribution in [0.3, 0.4) is 0 Å². The van der Waals surface area contributed by atoms with Crippen molar-refractivity contribution in [1.29, 1.82) is 0 Å². The molecule has 0 unspecified atom stereocenters. The van der Waals surface area contributed by atoms with Crippen LogP contribution in [0.1, 0.15) is 70.4 Å². The maximum absolute atomic E-state index is 13.8. The van der Waals surface area contributed by atoms with Crippen molar-refractivity contribution in [3.8, 4) is 0 Å². The Kier molecular flexibility index (Phi) is 20.2. The van der Waals surface area contributed by atoms with E-state index < -0.39 is 108 Å². The second-order valence-electron chi connectivity index (χ2n) is 13.9. The number of imidazole rings is 1. The molecule has 7 amide bonds. The molecule has 18 N–H and O–H groups in total. The number of rotatable bonds is 26. The number of H-pyrrole nitrogens is 1. The molecule has 2 heterocycles. The molecule has 1 aromatic rings. The number of aliphatic carboxylic acids is 2. The van der Waals surface area contributed by atoms with Crippen LogP contribution in [-0.4, -0.2) is 146 Å². The number of amides is 7. The molecule has 7 atom stereocenters. The second kappa shape index (κ2) is 24.4. The fourth-order valence-electron chi connectivity index (χ4n) is 6.03. The first-order valence-electron chi connectivity index (χ1n) is 18.9. The lowest BCUT2D eigenvalue weighted by Gasteiger charge is -2.30. The average molecular weight is 837 g/mol. The van der Waals surface area contributed by atoms with Gasteiger partial charge in [-0.3, -0.25) is 43.3 Å². The van der Waals surface area contributed by atoms with Crippen LogP contribution < -0.4 is 55.3 Å². The number of nitrogens with two attached hydrogens (primary N) is 5. The van der Waals surface area contributed by atoms with Crippen molar-refractivity contribution in [2.45, 2.75) is 113 Å². The fourth-order valence-corrected chi connectivity index (χ4v) is 6.03. The first-order chi connectivity index (χ1) is 27.8. The van der Waals surface area contributed by atoms with Gasteiger partial charge in [0, 0.05) is 31.4 Å². The minimum Gasteiger partial charge on any atom is -0.481 e. The monoisotopic (exact) mass is 836 g/mol. The van der Waals surface area contributed by atoms with Gasteiger partial charge in [-0.1, -0.05) is 0 Å². The van der Waals surface area contributed by atoms with Crippen molar-refractivity contribution in [3.63, 3.8) is 0 Å². The van der Waals surface area contributed by atoms with Gasteiger partial charge in [0.2, 0.25) is 41.4 Å². The molecule has 1 saturated heterocycles. The average Bonchev–Trinajstić information content (AvgIpc) is 3.87. The number of carboxylic acids is 2. The van der Waals surface area contributed by atoms with Crippen LogP contribution in [0.5, 0.6) is 0 Å². The largest absolute Gasteiger partial charge is 0.481 e. The number of unbranched alkanes of at least 4 members (excludes halogenated alkanes) is 1. The summed E-state index contributed by atoms with van der Waals surface area (Å²) in [6.07, 6.45) is 3.04. The van der Waals surface area contributed by atoms with Gasteiger partial charge in [0.15, 0.2) is 5.96 Å². The van der Waals surface area contributed by atoms with Crippen LogP contribution in [0.15, 0.2) is 17.5 Å². The first-order valence-corrected chi connectivity index (χ1v) is 18.9. The zero-order valence-corrected chi connectivity index (χ0v) is 32.7. The molecule has 59 heavy (non-hydrogen) atoms. The molecule has 1 aliphatic rings. The number of carbonyl (C=O) groups is 9. The van der Waals surface area contributed by atoms with E-state index in [0.29, 0.717) is 31.5 Å². The quantitative estimate of drug-likeness (QED) is 0.0235. The SMILES string of the molecule is C[C@H](NC(=O)[C@H](CC(=O)O)NC(=O)[C@@H]1CCCN1C(=O)[C@H](CCCCN)NC(=O)[C@@H](N)Cc1cnc[nH]1)C(=O)N[C@@H](CC(N)=O)C(=O)N[C@@H](CCCN=C(N)N)C(=O)O. The first kappa shape index (κ1) is 48.8. The molecule has 0 radical (unpaired) electrons. The van der Waals surface area contributed by atoms with E-state index in [9.17, 15) is 53.4 Å². The summed E-state index contributed by atoms with van der Waals surface area (Å²) in [7, 11) is 0. The highest BCUT2D eigenvalue weighted by Crippen LogP contribution is 2.20. The van der Waals surface area contributed by atoms with Crippen molar-refractivity contribution in [2.75, 3.05) is 19.6 Å². The molecule has 0 saturated carbocycles. The maximum Gasteiger partial charge on any atom is 0.326 e. The third-order valence-corrected chi connectivity index (χ3v) is 9.09. The second-order valence-corrected chi connectivity index (χ2v) is 13.9. The number of primary amides is 1. The molecule has 1 fully saturated rings. The number of hydrogen-bond acceptors (Lipinski definition) is 13. The van der Waals surface area contributed by atoms with Gasteiger partial charge >= 0.3 is 11.9 Å². The molecule has 25 nitrogen and oxygen atoms in total. The van der Waals surface area contributed by atoms with Crippen molar-refractivity contribution in [3.05, 3.63) is 18.2 Å². The minimum absolute atomic E-state index is 0.0562. The Morgan fingerprint density at radius 2 is 1.47 bits per heavy atom. The lowest BCUT2D eigenvalue weighted by molar-refractivity contribution is -0.144. The normalized spacial score (nSPS) is 16.5. The highest BCUT2D eigenvalue weighted by molar-refractivity contribution is 5.98. The number of hydrogen-bond donors (Lipinski definition) is 13. The number of carbonyl (C=O) groups excluding carboxylic acids is 7. The van der Waals surface area contributed by atoms with Crippen LogP contribution in [-0.2, 0) is 49.6 Å². The molecule has 0 spiro atoms. The molecule has 328 valence electrons. The number of aromatic nitrogens is 2. The summed E-state index contributed by atoms with van der Waals surface area (Å²) in [5.74, 6) is -9.55. The third kappa shape index (κ3) is 16.9. The number of aliphatic imine (C=N–C) groups is 1. The van der Waals surface area contributed by atoms with E-state index in [2.05, 4.69) is 41.5 Å². The predicted molar refractivity (Wildman–Crippen MR) is 207 cm³/mol. The van der Waals surface area contributed by atoms with Crippen LogP contribution in [0.2, 0.25) is 0 Å². The summed E-state index contributed by atoms with van der Waals surface area (Å²) < 4.78 is 0. The number of likely N-dealkylation sites (tertiary alicyclic amines) is 1. The molecule has 1 aliphatic heterocycles. The van der Waals surface area contributed by atoms with Crippen molar-refractivity contribution in [1.82, 2.24) is 41.5 Å². The molecule has 0 bridgehead atoms. The third-order valence-electron chi connectivity index (χ3n) is 9.09. The summed E-state index contributed by atoms with van der Waals surface area (Å²) in [5, 5.41) is 30.8. The van der Waals surface area contributed by atoms with Gasteiger partial charge in [-0.15, -0.1) is 0 Å². The van der Waals surface area contributed by atoms with Crippen LogP contribution >= 0.6 is 0 Å². The van der Waals surface area contributed by atoms with Gasteiger partial charge in [0.1, 0.15) is 36.3 Å². The molecular weight excluding hydrogens is 780 g/mol. The number of carboxylic acid groups (broad SMARTS) is 2. The van der Waals surface area contributed by atoms with Gasteiger partial charge in [-0.2, -0.15) is 0 Å². The Bertz CT molecular complexity index is 1670. The van der Waals surface area contributed by atoms with E-state index in [1.165, 1.54) is 17.4 Å². The van der Waals surface area contributed by atoms with Gasteiger partial charge in [0.25, 0.3) is 0 Å². The van der Waals surface area contributed by atoms with Gasteiger partial charge in [0.05, 0.1) is 25.2 Å². The van der Waals surface area contributed by atoms with Crippen molar-refractivity contribution >= 4 is 59.2 Å². The van der Waals surface area contributed by atoms with E-state index in [0.717, 1.165) is 6.92 Å². The number of nitrogens with zero attached hydrogens (tertiary/aromatic N) is 3. The van der Waals surface area contributed by atoms with Gasteiger partial charge in [-0.25, -0.2) is 9.78 Å². The molecule has 25 heteroatoms. The lowest BCUT2D eigenvalue weighted by atomic mass is 10.1. The molecule has 0 aliphatic carbocycles. The van der Waals surface area contributed by atoms with Crippen molar-refractivity contribution in [2.24, 2.45) is 33.7 Å². The Morgan fingerprint density at radius 3 is 2.07 bits per heavy atom. The lowest BCUT2D eigenvalue weighted by Crippen LogP contribution is -2.59. The van der Waals surface area contributed by atoms with Gasteiger partial charge < -0.3 is 75.3 Å². The van der Waals surface area contributed by atoms with Crippen LogP contribution in [0.25, 0.3) is 0 Å². The Labute approximate surface area is 338 Å². The topological polar surface area (TPSA) is 429 Å². The summed E-state index contributed by atoms with van der Waals surface area (Å²) >= 11 is 0. The van der Waals surface area contributed by atoms with Gasteiger partial charge in [-0.05, 0) is 58.4 Å². The van der Waals surface area contributed by atoms with E-state index in [4.69, 9.17) is 28.7 Å². The van der Waals surface area contributed by atoms with E-state index >= 15 is 0 Å². The predicted octanol–water partition coefficient (Wildman–Crippen LogP) is -5.67. The number of guanidine groups is 1. The Hall–Kier alpha value is -6.37. The highest BCUT2D eigenvalue weighted by Gasteiger charge is 2.40. The maximum atomic E-state index is 13.8. The summed E-state index contributed by atoms with van der Waals surface area (Å²) in [6, 6.07) is -9.69. The standard InChI is InChI=1S/C34H56N14O11/c1-17(27(52)46-22(13-25(37)49)30(55)45-21(33(58)59)7-4-10-41-34(38)39)43-29(54)23(14-26(50)51)47-31(56)24-8-5-11-48(24)32(57)20(6-2-3-9-35)44-28(53)19(36)12-18-15-40-16-42-18/h15-17,19-24H,2-14,35-36H2,1H3,(H2,37,49)(H,40,42)(H,43,54)(H,44,53)(H,45,55)(H,46,52)(H,47,56)(H,50,51)(H,58,59)(H4,38,39,41)/t17-,19-,20-,21-,22-,23-,24-/m0/s1. The van der Waals surface area contributed by atoms with Crippen LogP contribution in [0.4, 0.5) is 0 Å². The zero-order valence-electron chi connectivity index (χ0n) is 32.7. The smallest absolute Gasteiger partial charge is 0.326 e. The minimum atomic E-state index is -1.76. The van der Waals surface area contributed by atoms with Crippen molar-refractivity contribution < 1.29 is 53.4 Å². The number of aromatic amines is 1. The van der Waals surface area contributed by atoms with E-state index in [1.807, 2.05) is 0 Å². The zero-order chi connectivity index (χ0) is 44.2. The van der Waals surface area contributed by atoms with E-state index in [-0.39, 0.29) is 51.2 Å².